The number of anilines is 1. The smallest absolute Gasteiger partial charge is 0.266 e. The molecule has 0 radical (unpaired) electrons. The monoisotopic (exact) mass is 476 g/mol. The van der Waals surface area contributed by atoms with E-state index in [1.54, 1.807) is 12.4 Å². The van der Waals surface area contributed by atoms with Crippen molar-refractivity contribution >= 4 is 44.9 Å². The number of hydrogen-bond donors (Lipinski definition) is 1. The number of benzene rings is 2. The van der Waals surface area contributed by atoms with Crippen molar-refractivity contribution in [2.75, 3.05) is 5.73 Å². The van der Waals surface area contributed by atoms with Gasteiger partial charge in [-0.15, -0.1) is 11.3 Å². The third-order valence-electron chi connectivity index (χ3n) is 6.29. The molecule has 2 heterocycles. The van der Waals surface area contributed by atoms with Crippen LogP contribution in [-0.2, 0) is 6.54 Å². The molecule has 33 heavy (non-hydrogen) atoms. The summed E-state index contributed by atoms with van der Waals surface area (Å²) in [6, 6.07) is 16.4. The molecule has 0 unspecified atom stereocenters. The lowest BCUT2D eigenvalue weighted by Crippen LogP contribution is -2.40. The van der Waals surface area contributed by atoms with E-state index in [2.05, 4.69) is 22.1 Å². The van der Waals surface area contributed by atoms with Crippen LogP contribution >= 0.6 is 22.9 Å². The maximum Gasteiger partial charge on any atom is 0.266 e. The third-order valence-corrected chi connectivity index (χ3v) is 7.95. The number of thiophene rings is 1. The zero-order valence-electron chi connectivity index (χ0n) is 18.2. The molecule has 1 saturated carbocycles. The van der Waals surface area contributed by atoms with Gasteiger partial charge in [-0.2, -0.15) is 0 Å². The Morgan fingerprint density at radius 3 is 2.55 bits per heavy atom. The van der Waals surface area contributed by atoms with Gasteiger partial charge in [0, 0.05) is 40.6 Å². The highest BCUT2D eigenvalue weighted by Gasteiger charge is 2.29. The van der Waals surface area contributed by atoms with Gasteiger partial charge in [0.15, 0.2) is 0 Å². The largest absolute Gasteiger partial charge is 0.368 e. The second kappa shape index (κ2) is 9.49. The van der Waals surface area contributed by atoms with Crippen LogP contribution in [0, 0.1) is 0 Å². The van der Waals surface area contributed by atoms with Crippen LogP contribution in [-0.4, -0.2) is 26.8 Å². The Hall–Kier alpha value is -2.96. The molecule has 0 atom stereocenters. The Labute approximate surface area is 202 Å². The second-order valence-corrected chi connectivity index (χ2v) is 9.93. The Balaban J connectivity index is 1.48. The minimum atomic E-state index is 0.0225. The van der Waals surface area contributed by atoms with Crippen LogP contribution in [0.2, 0.25) is 5.02 Å². The second-order valence-electron chi connectivity index (χ2n) is 8.50. The third kappa shape index (κ3) is 4.59. The number of nitrogen functional groups attached to an aromatic ring is 1. The number of carbonyl (C=O) groups excluding carboxylic acids is 1. The zero-order chi connectivity index (χ0) is 22.8. The summed E-state index contributed by atoms with van der Waals surface area (Å²) in [5.41, 5.74) is 8.61. The van der Waals surface area contributed by atoms with Crippen LogP contribution in [0.3, 0.4) is 0 Å². The summed E-state index contributed by atoms with van der Waals surface area (Å²) in [7, 11) is 0. The Morgan fingerprint density at radius 1 is 1.03 bits per heavy atom. The first-order chi connectivity index (χ1) is 16.1. The molecule has 0 bridgehead atoms. The molecule has 7 heteroatoms. The molecule has 0 saturated heterocycles. The summed E-state index contributed by atoms with van der Waals surface area (Å²) in [6.45, 7) is 0.539. The molecule has 0 aliphatic heterocycles. The fourth-order valence-corrected chi connectivity index (χ4v) is 6.04. The number of aromatic nitrogens is 2. The highest BCUT2D eigenvalue weighted by Crippen LogP contribution is 2.37. The predicted molar refractivity (Wildman–Crippen MR) is 135 cm³/mol. The molecule has 168 valence electrons. The van der Waals surface area contributed by atoms with E-state index in [4.69, 9.17) is 17.3 Å². The van der Waals surface area contributed by atoms with Crippen molar-refractivity contribution in [3.63, 3.8) is 0 Å². The predicted octanol–water partition coefficient (Wildman–Crippen LogP) is 6.57. The zero-order valence-corrected chi connectivity index (χ0v) is 19.8. The lowest BCUT2D eigenvalue weighted by atomic mass is 9.93. The van der Waals surface area contributed by atoms with Crippen molar-refractivity contribution in [1.29, 1.82) is 0 Å². The van der Waals surface area contributed by atoms with Crippen molar-refractivity contribution in [3.8, 4) is 11.1 Å². The van der Waals surface area contributed by atoms with Crippen molar-refractivity contribution in [1.82, 2.24) is 14.9 Å². The highest BCUT2D eigenvalue weighted by atomic mass is 35.5. The number of nitrogens with two attached hydrogens (primary N) is 1. The molecule has 2 aromatic carbocycles. The van der Waals surface area contributed by atoms with Gasteiger partial charge in [-0.05, 0) is 36.1 Å². The van der Waals surface area contributed by atoms with Gasteiger partial charge in [0.2, 0.25) is 5.95 Å². The summed E-state index contributed by atoms with van der Waals surface area (Å²) < 4.78 is 1.04. The quantitative estimate of drug-likeness (QED) is 0.353. The molecule has 4 aromatic rings. The number of carbonyl (C=O) groups is 1. The van der Waals surface area contributed by atoms with Crippen molar-refractivity contribution in [2.24, 2.45) is 0 Å². The van der Waals surface area contributed by atoms with E-state index in [0.717, 1.165) is 52.5 Å². The Bertz CT molecular complexity index is 1280. The molecule has 5 rings (SSSR count). The van der Waals surface area contributed by atoms with Crippen LogP contribution in [0.15, 0.2) is 60.9 Å². The Morgan fingerprint density at radius 2 is 1.79 bits per heavy atom. The summed E-state index contributed by atoms with van der Waals surface area (Å²) >= 11 is 8.18. The fourth-order valence-electron chi connectivity index (χ4n) is 4.57. The van der Waals surface area contributed by atoms with Gasteiger partial charge in [0.25, 0.3) is 5.91 Å². The molecule has 1 fully saturated rings. The van der Waals surface area contributed by atoms with Gasteiger partial charge in [-0.1, -0.05) is 67.3 Å². The van der Waals surface area contributed by atoms with Crippen LogP contribution in [0.4, 0.5) is 5.95 Å². The molecule has 1 aliphatic carbocycles. The number of nitrogens with zero attached hydrogens (tertiary/aromatic N) is 3. The van der Waals surface area contributed by atoms with E-state index < -0.39 is 0 Å². The van der Waals surface area contributed by atoms with Gasteiger partial charge in [-0.25, -0.2) is 9.97 Å². The average molecular weight is 477 g/mol. The van der Waals surface area contributed by atoms with Gasteiger partial charge < -0.3 is 10.6 Å². The van der Waals surface area contributed by atoms with Crippen LogP contribution in [0.25, 0.3) is 21.2 Å². The van der Waals surface area contributed by atoms with E-state index in [-0.39, 0.29) is 17.9 Å². The fraction of sp³-hybridized carbons (Fsp3) is 0.269. The van der Waals surface area contributed by atoms with Crippen molar-refractivity contribution < 1.29 is 4.79 Å². The van der Waals surface area contributed by atoms with E-state index in [1.807, 2.05) is 41.3 Å². The number of hydrogen-bond acceptors (Lipinski definition) is 5. The number of fused-ring (bicyclic) bond motifs is 1. The molecule has 1 aliphatic rings. The van der Waals surface area contributed by atoms with Gasteiger partial charge in [0.1, 0.15) is 4.88 Å². The molecule has 1 amide bonds. The standard InChI is InChI=1S/C26H25ClN4OS/c27-23-21-11-4-5-12-22(21)33-24(23)25(32)31(20-9-2-1-3-10-20)16-17-7-6-8-18(13-17)19-14-29-26(28)30-15-19/h4-8,11-15,20H,1-3,9-10,16H2,(H2,28,29,30). The molecular weight excluding hydrogens is 452 g/mol. The van der Waals surface area contributed by atoms with E-state index in [9.17, 15) is 4.79 Å². The van der Waals surface area contributed by atoms with E-state index in [0.29, 0.717) is 16.4 Å². The molecule has 2 aromatic heterocycles. The lowest BCUT2D eigenvalue weighted by Gasteiger charge is -2.34. The summed E-state index contributed by atoms with van der Waals surface area (Å²) in [5.74, 6) is 0.276. The SMILES string of the molecule is Nc1ncc(-c2cccc(CN(C(=O)c3sc4ccccc4c3Cl)C3CCCCC3)c2)cn1. The normalized spacial score (nSPS) is 14.5. The summed E-state index contributed by atoms with van der Waals surface area (Å²) in [6.07, 6.45) is 9.04. The first-order valence-electron chi connectivity index (χ1n) is 11.2. The maximum atomic E-state index is 13.8. The number of rotatable bonds is 5. The Kier molecular flexibility index (Phi) is 6.29. The minimum absolute atomic E-state index is 0.0225. The van der Waals surface area contributed by atoms with E-state index in [1.165, 1.54) is 17.8 Å². The van der Waals surface area contributed by atoms with Gasteiger partial charge in [0.05, 0.1) is 5.02 Å². The molecular formula is C26H25ClN4OS. The van der Waals surface area contributed by atoms with Crippen molar-refractivity contribution in [3.05, 3.63) is 76.4 Å². The first kappa shape index (κ1) is 21.9. The van der Waals surface area contributed by atoms with Gasteiger partial charge >= 0.3 is 0 Å². The molecule has 5 nitrogen and oxygen atoms in total. The summed E-state index contributed by atoms with van der Waals surface area (Å²) in [5, 5.41) is 1.51. The van der Waals surface area contributed by atoms with Gasteiger partial charge in [-0.3, -0.25) is 4.79 Å². The average Bonchev–Trinajstić information content (AvgIpc) is 3.20. The number of halogens is 1. The molecule has 0 spiro atoms. The summed E-state index contributed by atoms with van der Waals surface area (Å²) in [4.78, 5) is 24.7. The van der Waals surface area contributed by atoms with Crippen LogP contribution < -0.4 is 5.73 Å². The number of amides is 1. The lowest BCUT2D eigenvalue weighted by molar-refractivity contribution is 0.0619. The van der Waals surface area contributed by atoms with Crippen LogP contribution in [0.1, 0.15) is 47.3 Å². The molecule has 2 N–H and O–H groups in total. The topological polar surface area (TPSA) is 72.1 Å². The van der Waals surface area contributed by atoms with Crippen LogP contribution in [0.5, 0.6) is 0 Å². The van der Waals surface area contributed by atoms with E-state index >= 15 is 0 Å². The minimum Gasteiger partial charge on any atom is -0.368 e. The first-order valence-corrected chi connectivity index (χ1v) is 12.4. The van der Waals surface area contributed by atoms with Crippen molar-refractivity contribution in [2.45, 2.75) is 44.7 Å². The highest BCUT2D eigenvalue weighted by molar-refractivity contribution is 7.21. The maximum absolute atomic E-state index is 13.8.